The highest BCUT2D eigenvalue weighted by molar-refractivity contribution is 5.94. The highest BCUT2D eigenvalue weighted by atomic mass is 16.6. The summed E-state index contributed by atoms with van der Waals surface area (Å²) in [6.07, 6.45) is 2.13. The maximum Gasteiger partial charge on any atom is 0.269 e. The van der Waals surface area contributed by atoms with Crippen LogP contribution in [-0.2, 0) is 0 Å². The van der Waals surface area contributed by atoms with Gasteiger partial charge < -0.3 is 9.64 Å². The number of nitro benzene ring substituents is 1. The van der Waals surface area contributed by atoms with Gasteiger partial charge in [-0.1, -0.05) is 0 Å². The Morgan fingerprint density at radius 1 is 1.30 bits per heavy atom. The number of rotatable bonds is 4. The number of hydrogen-bond donors (Lipinski definition) is 0. The van der Waals surface area contributed by atoms with Crippen molar-refractivity contribution in [2.45, 2.75) is 12.5 Å². The molecule has 8 heteroatoms. The summed E-state index contributed by atoms with van der Waals surface area (Å²) < 4.78 is 5.69. The normalized spacial score (nSPS) is 17.0. The Kier molecular flexibility index (Phi) is 4.13. The molecule has 3 rings (SSSR count). The number of likely N-dealkylation sites (tertiary alicyclic amines) is 1. The van der Waals surface area contributed by atoms with Crippen molar-refractivity contribution in [2.24, 2.45) is 0 Å². The van der Waals surface area contributed by atoms with Crippen molar-refractivity contribution in [1.82, 2.24) is 15.1 Å². The lowest BCUT2D eigenvalue weighted by Crippen LogP contribution is -2.31. The summed E-state index contributed by atoms with van der Waals surface area (Å²) in [5, 5.41) is 18.2. The first-order chi connectivity index (χ1) is 11.1. The van der Waals surface area contributed by atoms with E-state index in [-0.39, 0.29) is 17.7 Å². The van der Waals surface area contributed by atoms with E-state index in [9.17, 15) is 14.9 Å². The fourth-order valence-corrected chi connectivity index (χ4v) is 2.44. The molecule has 0 spiro atoms. The average molecular weight is 314 g/mol. The van der Waals surface area contributed by atoms with E-state index in [0.717, 1.165) is 0 Å². The fraction of sp³-hybridized carbons (Fsp3) is 0.267. The molecule has 1 amide bonds. The summed E-state index contributed by atoms with van der Waals surface area (Å²) in [4.78, 5) is 24.2. The third-order valence-corrected chi connectivity index (χ3v) is 3.59. The number of ether oxygens (including phenoxy) is 1. The van der Waals surface area contributed by atoms with Gasteiger partial charge in [0.15, 0.2) is 0 Å². The summed E-state index contributed by atoms with van der Waals surface area (Å²) in [6.45, 7) is 1.02. The van der Waals surface area contributed by atoms with Gasteiger partial charge in [0.05, 0.1) is 11.5 Å². The van der Waals surface area contributed by atoms with Crippen molar-refractivity contribution >= 4 is 11.6 Å². The first-order valence-electron chi connectivity index (χ1n) is 7.11. The Morgan fingerprint density at radius 3 is 2.74 bits per heavy atom. The molecule has 0 saturated carbocycles. The highest BCUT2D eigenvalue weighted by Gasteiger charge is 2.28. The van der Waals surface area contributed by atoms with Crippen molar-refractivity contribution in [1.29, 1.82) is 0 Å². The van der Waals surface area contributed by atoms with E-state index in [1.165, 1.54) is 24.3 Å². The van der Waals surface area contributed by atoms with Crippen LogP contribution in [0.4, 0.5) is 5.69 Å². The standard InChI is InChI=1S/C15H14N4O4/c20-15(11-3-5-12(6-4-11)19(21)22)18-9-7-13(10-18)23-14-2-1-8-16-17-14/h1-6,8,13H,7,9-10H2. The number of aromatic nitrogens is 2. The Hall–Kier alpha value is -3.03. The predicted octanol–water partition coefficient (Wildman–Crippen LogP) is 1.68. The maximum absolute atomic E-state index is 12.4. The molecular weight excluding hydrogens is 300 g/mol. The molecule has 1 aromatic carbocycles. The topological polar surface area (TPSA) is 98.5 Å². The molecule has 23 heavy (non-hydrogen) atoms. The van der Waals surface area contributed by atoms with E-state index < -0.39 is 4.92 Å². The van der Waals surface area contributed by atoms with Crippen molar-refractivity contribution < 1.29 is 14.5 Å². The average Bonchev–Trinajstić information content (AvgIpc) is 3.03. The minimum absolute atomic E-state index is 0.0353. The lowest BCUT2D eigenvalue weighted by Gasteiger charge is -2.16. The molecule has 1 aliphatic heterocycles. The van der Waals surface area contributed by atoms with Crippen LogP contribution in [0, 0.1) is 10.1 Å². The van der Waals surface area contributed by atoms with E-state index in [2.05, 4.69) is 10.2 Å². The molecule has 118 valence electrons. The van der Waals surface area contributed by atoms with Crippen LogP contribution in [0.1, 0.15) is 16.8 Å². The highest BCUT2D eigenvalue weighted by Crippen LogP contribution is 2.19. The molecule has 1 saturated heterocycles. The van der Waals surface area contributed by atoms with Crippen LogP contribution >= 0.6 is 0 Å². The van der Waals surface area contributed by atoms with Gasteiger partial charge in [0.1, 0.15) is 6.10 Å². The second kappa shape index (κ2) is 6.39. The molecule has 1 aromatic heterocycles. The second-order valence-electron chi connectivity index (χ2n) is 5.15. The fourth-order valence-electron chi connectivity index (χ4n) is 2.44. The van der Waals surface area contributed by atoms with Crippen molar-refractivity contribution in [3.63, 3.8) is 0 Å². The number of non-ortho nitro benzene ring substituents is 1. The minimum Gasteiger partial charge on any atom is -0.471 e. The number of nitrogens with zero attached hydrogens (tertiary/aromatic N) is 4. The van der Waals surface area contributed by atoms with Crippen molar-refractivity contribution in [2.75, 3.05) is 13.1 Å². The molecule has 2 heterocycles. The summed E-state index contributed by atoms with van der Waals surface area (Å²) in [5.41, 5.74) is 0.391. The lowest BCUT2D eigenvalue weighted by atomic mass is 10.2. The molecule has 0 aliphatic carbocycles. The van der Waals surface area contributed by atoms with E-state index in [0.29, 0.717) is 31.0 Å². The zero-order valence-corrected chi connectivity index (χ0v) is 12.2. The molecule has 2 aromatic rings. The largest absolute Gasteiger partial charge is 0.471 e. The van der Waals surface area contributed by atoms with Crippen molar-refractivity contribution in [3.8, 4) is 5.88 Å². The predicted molar refractivity (Wildman–Crippen MR) is 80.1 cm³/mol. The monoisotopic (exact) mass is 314 g/mol. The van der Waals surface area contributed by atoms with Gasteiger partial charge >= 0.3 is 0 Å². The van der Waals surface area contributed by atoms with Crippen LogP contribution < -0.4 is 4.74 Å². The first kappa shape index (κ1) is 14.9. The van der Waals surface area contributed by atoms with Gasteiger partial charge in [0.2, 0.25) is 5.88 Å². The number of nitro groups is 1. The van der Waals surface area contributed by atoms with Gasteiger partial charge in [0.25, 0.3) is 11.6 Å². The molecule has 1 unspecified atom stereocenters. The number of carbonyl (C=O) groups is 1. The van der Waals surface area contributed by atoms with Crippen LogP contribution in [0.2, 0.25) is 0 Å². The lowest BCUT2D eigenvalue weighted by molar-refractivity contribution is -0.384. The summed E-state index contributed by atoms with van der Waals surface area (Å²) in [7, 11) is 0. The summed E-state index contributed by atoms with van der Waals surface area (Å²) in [5.74, 6) is 0.271. The van der Waals surface area contributed by atoms with Crippen LogP contribution in [0.15, 0.2) is 42.6 Å². The van der Waals surface area contributed by atoms with Gasteiger partial charge in [-0.05, 0) is 18.2 Å². The van der Waals surface area contributed by atoms with Crippen LogP contribution in [-0.4, -0.2) is 45.1 Å². The molecule has 1 atom stereocenters. The van der Waals surface area contributed by atoms with E-state index in [1.807, 2.05) is 0 Å². The number of amides is 1. The maximum atomic E-state index is 12.4. The van der Waals surface area contributed by atoms with E-state index in [4.69, 9.17) is 4.74 Å². The van der Waals surface area contributed by atoms with Crippen LogP contribution in [0.5, 0.6) is 5.88 Å². The first-order valence-corrected chi connectivity index (χ1v) is 7.11. The number of hydrogen-bond acceptors (Lipinski definition) is 6. The van der Waals surface area contributed by atoms with Gasteiger partial charge in [0, 0.05) is 42.9 Å². The Morgan fingerprint density at radius 2 is 2.09 bits per heavy atom. The van der Waals surface area contributed by atoms with E-state index >= 15 is 0 Å². The summed E-state index contributed by atoms with van der Waals surface area (Å²) >= 11 is 0. The Labute approximate surface area is 131 Å². The van der Waals surface area contributed by atoms with Gasteiger partial charge in [-0.2, -0.15) is 5.10 Å². The number of benzene rings is 1. The summed E-state index contributed by atoms with van der Waals surface area (Å²) in [6, 6.07) is 9.05. The Balaban J connectivity index is 1.62. The smallest absolute Gasteiger partial charge is 0.269 e. The molecule has 1 aliphatic rings. The zero-order valence-electron chi connectivity index (χ0n) is 12.2. The van der Waals surface area contributed by atoms with Crippen LogP contribution in [0.25, 0.3) is 0 Å². The zero-order chi connectivity index (χ0) is 16.2. The quantitative estimate of drug-likeness (QED) is 0.629. The van der Waals surface area contributed by atoms with Crippen molar-refractivity contribution in [3.05, 3.63) is 58.3 Å². The van der Waals surface area contributed by atoms with Gasteiger partial charge in [-0.15, -0.1) is 5.10 Å². The number of carbonyl (C=O) groups excluding carboxylic acids is 1. The molecule has 0 N–H and O–H groups in total. The minimum atomic E-state index is -0.491. The van der Waals surface area contributed by atoms with Gasteiger partial charge in [-0.25, -0.2) is 0 Å². The Bertz CT molecular complexity index is 705. The van der Waals surface area contributed by atoms with Crippen LogP contribution in [0.3, 0.4) is 0 Å². The third-order valence-electron chi connectivity index (χ3n) is 3.59. The SMILES string of the molecule is O=C(c1ccc([N+](=O)[O-])cc1)N1CCC(Oc2cccnn2)C1. The molecular formula is C15H14N4O4. The molecule has 8 nitrogen and oxygen atoms in total. The second-order valence-corrected chi connectivity index (χ2v) is 5.15. The third kappa shape index (κ3) is 3.42. The molecule has 1 fully saturated rings. The molecule has 0 radical (unpaired) electrons. The van der Waals surface area contributed by atoms with Gasteiger partial charge in [-0.3, -0.25) is 14.9 Å². The van der Waals surface area contributed by atoms with E-state index in [1.54, 1.807) is 23.2 Å². The molecule has 0 bridgehead atoms.